The Morgan fingerprint density at radius 1 is 1.57 bits per heavy atom. The van der Waals surface area contributed by atoms with Crippen LogP contribution in [0.2, 0.25) is 0 Å². The van der Waals surface area contributed by atoms with Crippen molar-refractivity contribution in [1.82, 2.24) is 15.5 Å². The SMILES string of the molecule is CC(C)[C@H](N)C(=O)NCC1CCCN1c1cccnn1.Cl. The molecule has 1 amide bonds. The van der Waals surface area contributed by atoms with Gasteiger partial charge in [0.1, 0.15) is 0 Å². The van der Waals surface area contributed by atoms with Gasteiger partial charge in [-0.2, -0.15) is 5.10 Å². The van der Waals surface area contributed by atoms with Gasteiger partial charge < -0.3 is 16.0 Å². The second-order valence-corrected chi connectivity index (χ2v) is 5.59. The number of nitrogens with one attached hydrogen (secondary N) is 1. The molecule has 0 aromatic carbocycles. The zero-order valence-corrected chi connectivity index (χ0v) is 13.3. The summed E-state index contributed by atoms with van der Waals surface area (Å²) < 4.78 is 0. The Labute approximate surface area is 131 Å². The van der Waals surface area contributed by atoms with E-state index in [0.717, 1.165) is 25.2 Å². The molecule has 1 aromatic rings. The van der Waals surface area contributed by atoms with Crippen molar-refractivity contribution in [2.75, 3.05) is 18.0 Å². The first-order valence-corrected chi connectivity index (χ1v) is 7.17. The molecule has 1 aliphatic heterocycles. The summed E-state index contributed by atoms with van der Waals surface area (Å²) in [6, 6.07) is 3.66. The smallest absolute Gasteiger partial charge is 0.237 e. The first-order chi connectivity index (χ1) is 9.59. The van der Waals surface area contributed by atoms with E-state index in [1.54, 1.807) is 6.20 Å². The third-order valence-electron chi connectivity index (χ3n) is 3.76. The molecule has 1 unspecified atom stereocenters. The van der Waals surface area contributed by atoms with Crippen molar-refractivity contribution >= 4 is 24.1 Å². The van der Waals surface area contributed by atoms with Gasteiger partial charge in [0.15, 0.2) is 5.82 Å². The molecule has 0 saturated carbocycles. The van der Waals surface area contributed by atoms with Gasteiger partial charge in [0, 0.05) is 25.3 Å². The Kier molecular flexibility index (Phi) is 6.84. The second-order valence-electron chi connectivity index (χ2n) is 5.59. The highest BCUT2D eigenvalue weighted by molar-refractivity contribution is 5.85. The van der Waals surface area contributed by atoms with E-state index in [1.165, 1.54) is 0 Å². The van der Waals surface area contributed by atoms with E-state index in [0.29, 0.717) is 6.54 Å². The summed E-state index contributed by atoms with van der Waals surface area (Å²) in [4.78, 5) is 14.1. The molecule has 1 aliphatic rings. The van der Waals surface area contributed by atoms with Gasteiger partial charge >= 0.3 is 0 Å². The van der Waals surface area contributed by atoms with Crippen LogP contribution in [-0.4, -0.2) is 41.3 Å². The number of carbonyl (C=O) groups is 1. The van der Waals surface area contributed by atoms with Crippen molar-refractivity contribution in [3.05, 3.63) is 18.3 Å². The van der Waals surface area contributed by atoms with Crippen LogP contribution in [0.1, 0.15) is 26.7 Å². The third-order valence-corrected chi connectivity index (χ3v) is 3.76. The van der Waals surface area contributed by atoms with Crippen molar-refractivity contribution < 1.29 is 4.79 Å². The minimum absolute atomic E-state index is 0. The summed E-state index contributed by atoms with van der Waals surface area (Å²) in [5.41, 5.74) is 5.84. The number of aromatic nitrogens is 2. The highest BCUT2D eigenvalue weighted by atomic mass is 35.5. The maximum absolute atomic E-state index is 11.9. The van der Waals surface area contributed by atoms with Gasteiger partial charge in [0.05, 0.1) is 6.04 Å². The van der Waals surface area contributed by atoms with Gasteiger partial charge in [-0.3, -0.25) is 4.79 Å². The molecule has 3 N–H and O–H groups in total. The van der Waals surface area contributed by atoms with Gasteiger partial charge in [-0.05, 0) is 30.9 Å². The summed E-state index contributed by atoms with van der Waals surface area (Å²) in [5, 5.41) is 11.0. The minimum atomic E-state index is -0.443. The monoisotopic (exact) mass is 313 g/mol. The average Bonchev–Trinajstić information content (AvgIpc) is 2.93. The minimum Gasteiger partial charge on any atom is -0.353 e. The van der Waals surface area contributed by atoms with Crippen LogP contribution in [0.4, 0.5) is 5.82 Å². The standard InChI is InChI=1S/C14H23N5O.ClH/c1-10(2)13(15)14(20)16-9-11-5-4-8-19(11)12-6-3-7-17-18-12;/h3,6-7,10-11,13H,4-5,8-9,15H2,1-2H3,(H,16,20);1H/t11?,13-;/m0./s1. The van der Waals surface area contributed by atoms with E-state index in [9.17, 15) is 4.79 Å². The number of nitrogens with two attached hydrogens (primary N) is 1. The summed E-state index contributed by atoms with van der Waals surface area (Å²) in [6.45, 7) is 5.46. The molecule has 0 aliphatic carbocycles. The maximum Gasteiger partial charge on any atom is 0.237 e. The predicted molar refractivity (Wildman–Crippen MR) is 85.5 cm³/mol. The van der Waals surface area contributed by atoms with Crippen LogP contribution in [0.15, 0.2) is 18.3 Å². The van der Waals surface area contributed by atoms with Crippen LogP contribution in [0.5, 0.6) is 0 Å². The van der Waals surface area contributed by atoms with E-state index in [1.807, 2.05) is 26.0 Å². The van der Waals surface area contributed by atoms with E-state index in [-0.39, 0.29) is 30.3 Å². The molecular weight excluding hydrogens is 290 g/mol. The van der Waals surface area contributed by atoms with Gasteiger partial charge in [0.25, 0.3) is 0 Å². The van der Waals surface area contributed by atoms with Crippen LogP contribution < -0.4 is 16.0 Å². The van der Waals surface area contributed by atoms with Gasteiger partial charge in [0.2, 0.25) is 5.91 Å². The van der Waals surface area contributed by atoms with Crippen molar-refractivity contribution in [3.63, 3.8) is 0 Å². The molecule has 1 aromatic heterocycles. The van der Waals surface area contributed by atoms with E-state index >= 15 is 0 Å². The lowest BCUT2D eigenvalue weighted by Gasteiger charge is -2.26. The topological polar surface area (TPSA) is 84.1 Å². The summed E-state index contributed by atoms with van der Waals surface area (Å²) in [7, 11) is 0. The van der Waals surface area contributed by atoms with Crippen molar-refractivity contribution in [3.8, 4) is 0 Å². The molecule has 0 radical (unpaired) electrons. The van der Waals surface area contributed by atoms with E-state index in [2.05, 4.69) is 20.4 Å². The Morgan fingerprint density at radius 3 is 2.95 bits per heavy atom. The molecule has 1 saturated heterocycles. The Bertz CT molecular complexity index is 442. The van der Waals surface area contributed by atoms with Gasteiger partial charge in [-0.15, -0.1) is 17.5 Å². The molecule has 0 spiro atoms. The molecule has 118 valence electrons. The van der Waals surface area contributed by atoms with Crippen LogP contribution in [-0.2, 0) is 4.79 Å². The second kappa shape index (κ2) is 8.14. The quantitative estimate of drug-likeness (QED) is 0.846. The lowest BCUT2D eigenvalue weighted by Crippen LogP contribution is -2.48. The van der Waals surface area contributed by atoms with Crippen LogP contribution in [0.25, 0.3) is 0 Å². The molecule has 2 atom stereocenters. The molecule has 6 nitrogen and oxygen atoms in total. The largest absolute Gasteiger partial charge is 0.353 e. The number of amides is 1. The Morgan fingerprint density at radius 2 is 2.33 bits per heavy atom. The molecule has 0 bridgehead atoms. The summed E-state index contributed by atoms with van der Waals surface area (Å²) in [5.74, 6) is 0.943. The maximum atomic E-state index is 11.9. The third kappa shape index (κ3) is 4.54. The van der Waals surface area contributed by atoms with Crippen molar-refractivity contribution in [2.45, 2.75) is 38.8 Å². The normalized spacial score (nSPS) is 19.2. The molecule has 21 heavy (non-hydrogen) atoms. The molecule has 1 fully saturated rings. The zero-order chi connectivity index (χ0) is 14.5. The number of halogens is 1. The highest BCUT2D eigenvalue weighted by Crippen LogP contribution is 2.22. The number of hydrogen-bond acceptors (Lipinski definition) is 5. The lowest BCUT2D eigenvalue weighted by atomic mass is 10.0. The van der Waals surface area contributed by atoms with Crippen LogP contribution in [0.3, 0.4) is 0 Å². The number of nitrogens with zero attached hydrogens (tertiary/aromatic N) is 3. The van der Waals surface area contributed by atoms with Gasteiger partial charge in [-0.1, -0.05) is 13.8 Å². The lowest BCUT2D eigenvalue weighted by molar-refractivity contribution is -0.123. The number of rotatable bonds is 5. The van der Waals surface area contributed by atoms with Crippen molar-refractivity contribution in [2.24, 2.45) is 11.7 Å². The van der Waals surface area contributed by atoms with Crippen LogP contribution >= 0.6 is 12.4 Å². The molecular formula is C14H24ClN5O. The predicted octanol–water partition coefficient (Wildman–Crippen LogP) is 0.967. The summed E-state index contributed by atoms with van der Waals surface area (Å²) in [6.07, 6.45) is 3.82. The fraction of sp³-hybridized carbons (Fsp3) is 0.643. The first-order valence-electron chi connectivity index (χ1n) is 7.17. The average molecular weight is 314 g/mol. The van der Waals surface area contributed by atoms with E-state index < -0.39 is 6.04 Å². The first kappa shape index (κ1) is 17.7. The molecule has 2 heterocycles. The molecule has 2 rings (SSSR count). The molecule has 7 heteroatoms. The van der Waals surface area contributed by atoms with Crippen molar-refractivity contribution in [1.29, 1.82) is 0 Å². The summed E-state index contributed by atoms with van der Waals surface area (Å²) >= 11 is 0. The fourth-order valence-electron chi connectivity index (χ4n) is 2.44. The highest BCUT2D eigenvalue weighted by Gasteiger charge is 2.27. The number of carbonyl (C=O) groups excluding carboxylic acids is 1. The van der Waals surface area contributed by atoms with Crippen LogP contribution in [0, 0.1) is 5.92 Å². The fourth-order valence-corrected chi connectivity index (χ4v) is 2.44. The number of anilines is 1. The zero-order valence-electron chi connectivity index (χ0n) is 12.5. The number of hydrogen-bond donors (Lipinski definition) is 2. The Hall–Kier alpha value is -1.40. The Balaban J connectivity index is 0.00000220. The van der Waals surface area contributed by atoms with E-state index in [4.69, 9.17) is 5.73 Å². The van der Waals surface area contributed by atoms with Gasteiger partial charge in [-0.25, -0.2) is 0 Å².